The number of aldehydes is 1. The molecule has 9 nitrogen and oxygen atoms in total. The highest BCUT2D eigenvalue weighted by Crippen LogP contribution is 2.48. The SMILES string of the molecule is CCCCCCCC(=O)O[C@H]1/C(=C/C(=O)OC)C[C@@H](C[C@@H](O)COCc2ccccc2)O[C@@]1(OC)C(C)(C)/C=C/C=O. The molecule has 0 unspecified atom stereocenters. The quantitative estimate of drug-likeness (QED) is 0.106. The van der Waals surface area contributed by atoms with Gasteiger partial charge < -0.3 is 28.8 Å². The largest absolute Gasteiger partial charge is 0.466 e. The molecule has 1 aliphatic heterocycles. The summed E-state index contributed by atoms with van der Waals surface area (Å²) in [6.07, 6.45) is 7.61. The van der Waals surface area contributed by atoms with Gasteiger partial charge >= 0.3 is 11.9 Å². The number of esters is 2. The molecule has 1 saturated heterocycles. The number of unbranched alkanes of at least 4 members (excludes halogenated alkanes) is 4. The summed E-state index contributed by atoms with van der Waals surface area (Å²) in [5.41, 5.74) is 0.403. The van der Waals surface area contributed by atoms with Gasteiger partial charge in [0.15, 0.2) is 6.10 Å². The van der Waals surface area contributed by atoms with E-state index in [0.29, 0.717) is 24.9 Å². The summed E-state index contributed by atoms with van der Waals surface area (Å²) in [4.78, 5) is 36.8. The van der Waals surface area contributed by atoms with Gasteiger partial charge in [0.05, 0.1) is 32.5 Å². The first-order valence-electron chi connectivity index (χ1n) is 14.8. The number of carbonyl (C=O) groups is 3. The maximum atomic E-state index is 13.1. The minimum atomic E-state index is -1.63. The average molecular weight is 589 g/mol. The number of methoxy groups -OCH3 is 2. The summed E-state index contributed by atoms with van der Waals surface area (Å²) >= 11 is 0. The van der Waals surface area contributed by atoms with Crippen LogP contribution in [0.5, 0.6) is 0 Å². The Balaban J connectivity index is 2.33. The monoisotopic (exact) mass is 588 g/mol. The minimum Gasteiger partial charge on any atom is -0.466 e. The first-order valence-corrected chi connectivity index (χ1v) is 14.8. The number of ether oxygens (including phenoxy) is 5. The molecule has 0 aliphatic carbocycles. The van der Waals surface area contributed by atoms with Crippen molar-refractivity contribution in [3.8, 4) is 0 Å². The van der Waals surface area contributed by atoms with Gasteiger partial charge in [-0.15, -0.1) is 0 Å². The lowest BCUT2D eigenvalue weighted by atomic mass is 9.74. The Morgan fingerprint density at radius 2 is 1.86 bits per heavy atom. The molecule has 1 aliphatic rings. The number of rotatable bonds is 18. The summed E-state index contributed by atoms with van der Waals surface area (Å²) in [5, 5.41) is 10.8. The fourth-order valence-electron chi connectivity index (χ4n) is 5.22. The first-order chi connectivity index (χ1) is 20.1. The Bertz CT molecular complexity index is 1030. The molecule has 1 aromatic carbocycles. The van der Waals surface area contributed by atoms with Gasteiger partial charge in [0.1, 0.15) is 6.29 Å². The van der Waals surface area contributed by atoms with Crippen LogP contribution in [0.1, 0.15) is 77.7 Å². The van der Waals surface area contributed by atoms with E-state index < -0.39 is 41.5 Å². The van der Waals surface area contributed by atoms with Crippen molar-refractivity contribution in [1.29, 1.82) is 0 Å². The molecule has 1 fully saturated rings. The number of carbonyl (C=O) groups excluding carboxylic acids is 3. The van der Waals surface area contributed by atoms with E-state index in [-0.39, 0.29) is 25.9 Å². The maximum absolute atomic E-state index is 13.1. The van der Waals surface area contributed by atoms with Crippen molar-refractivity contribution in [2.24, 2.45) is 5.41 Å². The lowest BCUT2D eigenvalue weighted by molar-refractivity contribution is -0.338. The highest BCUT2D eigenvalue weighted by atomic mass is 16.7. The summed E-state index contributed by atoms with van der Waals surface area (Å²) in [5.74, 6) is -2.69. The van der Waals surface area contributed by atoms with E-state index in [4.69, 9.17) is 23.7 Å². The van der Waals surface area contributed by atoms with Crippen molar-refractivity contribution in [1.82, 2.24) is 0 Å². The second-order valence-corrected chi connectivity index (χ2v) is 11.2. The highest BCUT2D eigenvalue weighted by Gasteiger charge is 2.59. The van der Waals surface area contributed by atoms with Crippen molar-refractivity contribution >= 4 is 18.2 Å². The third-order valence-corrected chi connectivity index (χ3v) is 7.47. The lowest BCUT2D eigenvalue weighted by Crippen LogP contribution is -2.63. The van der Waals surface area contributed by atoms with Gasteiger partial charge in [-0.3, -0.25) is 9.59 Å². The fourth-order valence-corrected chi connectivity index (χ4v) is 5.22. The lowest BCUT2D eigenvalue weighted by Gasteiger charge is -2.53. The zero-order valence-electron chi connectivity index (χ0n) is 25.7. The molecule has 2 rings (SSSR count). The van der Waals surface area contributed by atoms with Crippen LogP contribution in [-0.4, -0.2) is 68.3 Å². The smallest absolute Gasteiger partial charge is 0.330 e. The van der Waals surface area contributed by atoms with Crippen LogP contribution in [0.2, 0.25) is 0 Å². The predicted molar refractivity (Wildman–Crippen MR) is 158 cm³/mol. The Morgan fingerprint density at radius 1 is 1.14 bits per heavy atom. The molecular formula is C33H48O9. The summed E-state index contributed by atoms with van der Waals surface area (Å²) < 4.78 is 29.2. The second kappa shape index (κ2) is 18.0. The van der Waals surface area contributed by atoms with E-state index in [1.165, 1.54) is 26.4 Å². The third-order valence-electron chi connectivity index (χ3n) is 7.47. The van der Waals surface area contributed by atoms with Crippen molar-refractivity contribution in [2.45, 2.75) is 103 Å². The summed E-state index contributed by atoms with van der Waals surface area (Å²) in [7, 11) is 2.70. The zero-order chi connectivity index (χ0) is 31.0. The van der Waals surface area contributed by atoms with Gasteiger partial charge in [0, 0.05) is 31.4 Å². The van der Waals surface area contributed by atoms with Gasteiger partial charge in [-0.05, 0) is 30.1 Å². The average Bonchev–Trinajstić information content (AvgIpc) is 2.97. The normalized spacial score (nSPS) is 22.7. The van der Waals surface area contributed by atoms with Crippen molar-refractivity contribution in [3.05, 3.63) is 59.7 Å². The van der Waals surface area contributed by atoms with E-state index in [0.717, 1.165) is 31.2 Å². The molecule has 4 atom stereocenters. The van der Waals surface area contributed by atoms with Crippen LogP contribution < -0.4 is 0 Å². The molecular weight excluding hydrogens is 540 g/mol. The van der Waals surface area contributed by atoms with Crippen molar-refractivity contribution < 1.29 is 43.2 Å². The van der Waals surface area contributed by atoms with Gasteiger partial charge in [0.25, 0.3) is 0 Å². The number of hydrogen-bond acceptors (Lipinski definition) is 9. The second-order valence-electron chi connectivity index (χ2n) is 11.2. The molecule has 42 heavy (non-hydrogen) atoms. The van der Waals surface area contributed by atoms with E-state index in [9.17, 15) is 19.5 Å². The van der Waals surface area contributed by atoms with Crippen molar-refractivity contribution in [2.75, 3.05) is 20.8 Å². The molecule has 9 heteroatoms. The molecule has 0 aromatic heterocycles. The van der Waals surface area contributed by atoms with Gasteiger partial charge in [0.2, 0.25) is 5.79 Å². The van der Waals surface area contributed by atoms with Crippen LogP contribution in [0.3, 0.4) is 0 Å². The molecule has 1 heterocycles. The van der Waals surface area contributed by atoms with Crippen LogP contribution in [0.4, 0.5) is 0 Å². The molecule has 0 bridgehead atoms. The molecule has 0 radical (unpaired) electrons. The van der Waals surface area contributed by atoms with Gasteiger partial charge in [-0.2, -0.15) is 0 Å². The van der Waals surface area contributed by atoms with Crippen LogP contribution in [0.15, 0.2) is 54.1 Å². The first kappa shape index (κ1) is 35.3. The maximum Gasteiger partial charge on any atom is 0.330 e. The Morgan fingerprint density at radius 3 is 2.50 bits per heavy atom. The van der Waals surface area contributed by atoms with Crippen LogP contribution in [-0.2, 0) is 44.7 Å². The minimum absolute atomic E-state index is 0.0651. The summed E-state index contributed by atoms with van der Waals surface area (Å²) in [6.45, 7) is 6.12. The number of aliphatic hydroxyl groups is 1. The van der Waals surface area contributed by atoms with Crippen LogP contribution in [0.25, 0.3) is 0 Å². The molecule has 1 aromatic rings. The third kappa shape index (κ3) is 10.5. The fraction of sp³-hybridized carbons (Fsp3) is 0.606. The van der Waals surface area contributed by atoms with E-state index >= 15 is 0 Å². The molecule has 234 valence electrons. The van der Waals surface area contributed by atoms with Crippen LogP contribution in [0, 0.1) is 5.41 Å². The zero-order valence-corrected chi connectivity index (χ0v) is 25.7. The molecule has 0 amide bonds. The van der Waals surface area contributed by atoms with E-state index in [2.05, 4.69) is 6.92 Å². The van der Waals surface area contributed by atoms with Crippen LogP contribution >= 0.6 is 0 Å². The Kier molecular flexibility index (Phi) is 15.1. The topological polar surface area (TPSA) is 118 Å². The van der Waals surface area contributed by atoms with E-state index in [1.54, 1.807) is 19.9 Å². The standard InChI is InChI=1S/C33H48O9/c1-6-7-8-9-13-17-29(36)41-31-26(21-30(37)38-4)20-28(42-33(31,39-5)32(2,3)18-14-19-34)22-27(35)24-40-23-25-15-11-10-12-16-25/h10-12,14-16,18-19,21,27-28,31,35H,6-9,13,17,20,22-24H2,1-5H3/b18-14+,26-21+/t27-,28+,31+,33-/m1/s1. The highest BCUT2D eigenvalue weighted by molar-refractivity contribution is 5.83. The molecule has 0 saturated carbocycles. The molecule has 0 spiro atoms. The number of allylic oxidation sites excluding steroid dienone is 1. The van der Waals surface area contributed by atoms with Crippen molar-refractivity contribution in [3.63, 3.8) is 0 Å². The van der Waals surface area contributed by atoms with E-state index in [1.807, 2.05) is 30.3 Å². The molecule has 1 N–H and O–H groups in total. The predicted octanol–water partition coefficient (Wildman–Crippen LogP) is 5.24. The number of hydrogen-bond donors (Lipinski definition) is 1. The number of aliphatic hydroxyl groups excluding tert-OH is 1. The number of benzene rings is 1. The Labute approximate surface area is 250 Å². The Hall–Kier alpha value is -2.85. The summed E-state index contributed by atoms with van der Waals surface area (Å²) in [6, 6.07) is 9.64. The van der Waals surface area contributed by atoms with Gasteiger partial charge in [-0.1, -0.05) is 82.9 Å². The van der Waals surface area contributed by atoms with Gasteiger partial charge in [-0.25, -0.2) is 4.79 Å².